The van der Waals surface area contributed by atoms with Gasteiger partial charge in [0.15, 0.2) is 0 Å². The normalized spacial score (nSPS) is 18.8. The van der Waals surface area contributed by atoms with Gasteiger partial charge in [0.1, 0.15) is 11.9 Å². The number of aromatic nitrogens is 1. The quantitative estimate of drug-likeness (QED) is 0.478. The number of carbonyl (C=O) groups is 2. The zero-order chi connectivity index (χ0) is 25.7. The zero-order valence-electron chi connectivity index (χ0n) is 20.0. The highest BCUT2D eigenvalue weighted by Crippen LogP contribution is 2.29. The van der Waals surface area contributed by atoms with Gasteiger partial charge in [-0.3, -0.25) is 4.79 Å². The Morgan fingerprint density at radius 2 is 1.97 bits per heavy atom. The molecule has 0 aliphatic carbocycles. The van der Waals surface area contributed by atoms with Crippen molar-refractivity contribution in [1.29, 1.82) is 0 Å². The monoisotopic (exact) mass is 504 g/mol. The molecule has 1 aromatic carbocycles. The smallest absolute Gasteiger partial charge is 0.416 e. The third-order valence-corrected chi connectivity index (χ3v) is 6.94. The van der Waals surface area contributed by atoms with Crippen molar-refractivity contribution < 1.29 is 27.9 Å². The van der Waals surface area contributed by atoms with Crippen LogP contribution in [-0.4, -0.2) is 59.1 Å². The third-order valence-electron chi connectivity index (χ3n) is 6.94. The summed E-state index contributed by atoms with van der Waals surface area (Å²) in [4.78, 5) is 31.0. The molecule has 2 aliphatic rings. The Morgan fingerprint density at radius 1 is 1.19 bits per heavy atom. The molecule has 0 saturated carbocycles. The molecule has 0 unspecified atom stereocenters. The lowest BCUT2D eigenvalue weighted by molar-refractivity contribution is -0.139. The number of carboxylic acid groups (broad SMARTS) is 1. The minimum Gasteiger partial charge on any atom is -0.480 e. The number of alkyl halides is 3. The van der Waals surface area contributed by atoms with Crippen molar-refractivity contribution in [2.45, 2.75) is 50.7 Å². The van der Waals surface area contributed by atoms with E-state index in [9.17, 15) is 27.9 Å². The molecule has 1 saturated heterocycles. The van der Waals surface area contributed by atoms with E-state index in [1.165, 1.54) is 5.56 Å². The number of halogens is 3. The first-order valence-corrected chi connectivity index (χ1v) is 12.3. The summed E-state index contributed by atoms with van der Waals surface area (Å²) in [6.45, 7) is 3.20. The van der Waals surface area contributed by atoms with Gasteiger partial charge in [0, 0.05) is 30.9 Å². The third kappa shape index (κ3) is 6.75. The second-order valence-electron chi connectivity index (χ2n) is 9.56. The van der Waals surface area contributed by atoms with E-state index in [0.717, 1.165) is 87.5 Å². The van der Waals surface area contributed by atoms with Crippen LogP contribution in [0.2, 0.25) is 0 Å². The Labute approximate surface area is 208 Å². The average molecular weight is 505 g/mol. The molecule has 7 nitrogen and oxygen atoms in total. The Bertz CT molecular complexity index is 1080. The van der Waals surface area contributed by atoms with Crippen molar-refractivity contribution in [2.75, 3.05) is 31.5 Å². The van der Waals surface area contributed by atoms with Crippen molar-refractivity contribution in [2.24, 2.45) is 5.92 Å². The maximum absolute atomic E-state index is 12.7. The molecule has 3 N–H and O–H groups in total. The number of pyridine rings is 1. The van der Waals surface area contributed by atoms with E-state index in [1.807, 2.05) is 0 Å². The number of likely N-dealkylation sites (tertiary alicyclic amines) is 1. The number of carbonyl (C=O) groups excluding carboxylic acids is 1. The summed E-state index contributed by atoms with van der Waals surface area (Å²) in [5.74, 6) is -0.369. The second kappa shape index (κ2) is 11.3. The number of fused-ring (bicyclic) bond motifs is 1. The fraction of sp³-hybridized carbons (Fsp3) is 0.500. The van der Waals surface area contributed by atoms with Crippen LogP contribution >= 0.6 is 0 Å². The van der Waals surface area contributed by atoms with Crippen LogP contribution in [0.15, 0.2) is 36.4 Å². The summed E-state index contributed by atoms with van der Waals surface area (Å²) in [5.41, 5.74) is 1.48. The predicted molar refractivity (Wildman–Crippen MR) is 129 cm³/mol. The maximum Gasteiger partial charge on any atom is 0.416 e. The summed E-state index contributed by atoms with van der Waals surface area (Å²) in [5, 5.41) is 15.3. The molecule has 0 spiro atoms. The molecule has 0 bridgehead atoms. The van der Waals surface area contributed by atoms with E-state index in [1.54, 1.807) is 0 Å². The van der Waals surface area contributed by atoms with Gasteiger partial charge in [0.25, 0.3) is 5.91 Å². The van der Waals surface area contributed by atoms with Crippen LogP contribution in [0.3, 0.4) is 0 Å². The summed E-state index contributed by atoms with van der Waals surface area (Å²) < 4.78 is 38.2. The minimum atomic E-state index is -4.50. The fourth-order valence-corrected chi connectivity index (χ4v) is 4.83. The maximum atomic E-state index is 12.7. The number of carboxylic acids is 1. The number of rotatable bonds is 9. The minimum absolute atomic E-state index is 0.0125. The van der Waals surface area contributed by atoms with E-state index in [4.69, 9.17) is 4.98 Å². The number of amides is 1. The molecule has 1 amide bonds. The average Bonchev–Trinajstić information content (AvgIpc) is 3.32. The van der Waals surface area contributed by atoms with E-state index < -0.39 is 29.7 Å². The van der Waals surface area contributed by atoms with E-state index >= 15 is 0 Å². The molecule has 2 atom stereocenters. The van der Waals surface area contributed by atoms with Gasteiger partial charge in [-0.25, -0.2) is 9.78 Å². The first-order valence-electron chi connectivity index (χ1n) is 12.3. The number of aryl methyl sites for hydroxylation is 2. The standard InChI is InChI=1S/C26H31F3N4O3/c27-26(28,29)20-7-4-19(5-8-20)24(34)32-22(25(35)36)12-15-33-14-11-17(16-33)3-9-21-10-6-18-2-1-13-30-23(18)31-21/h4-8,10,17,22H,1-3,9,11-16H2,(H,30,31)(H,32,34)(H,35,36)/t17-,22+/m1/s1. The van der Waals surface area contributed by atoms with Crippen molar-refractivity contribution in [3.05, 3.63) is 58.8 Å². The topological polar surface area (TPSA) is 94.6 Å². The lowest BCUT2D eigenvalue weighted by Crippen LogP contribution is -2.43. The number of hydrogen-bond donors (Lipinski definition) is 3. The number of nitrogens with one attached hydrogen (secondary N) is 2. The summed E-state index contributed by atoms with van der Waals surface area (Å²) >= 11 is 0. The molecular weight excluding hydrogens is 473 g/mol. The van der Waals surface area contributed by atoms with Gasteiger partial charge >= 0.3 is 12.1 Å². The molecule has 1 fully saturated rings. The largest absolute Gasteiger partial charge is 0.480 e. The lowest BCUT2D eigenvalue weighted by atomic mass is 10.00. The summed E-state index contributed by atoms with van der Waals surface area (Å²) in [7, 11) is 0. The molecular formula is C26H31F3N4O3. The van der Waals surface area contributed by atoms with Gasteiger partial charge < -0.3 is 20.6 Å². The van der Waals surface area contributed by atoms with E-state index in [0.29, 0.717) is 12.5 Å². The predicted octanol–water partition coefficient (Wildman–Crippen LogP) is 3.99. The van der Waals surface area contributed by atoms with E-state index in [-0.39, 0.29) is 12.0 Å². The van der Waals surface area contributed by atoms with Crippen LogP contribution in [-0.2, 0) is 23.8 Å². The Morgan fingerprint density at radius 3 is 2.69 bits per heavy atom. The van der Waals surface area contributed by atoms with Crippen LogP contribution in [0.5, 0.6) is 0 Å². The number of nitrogens with zero attached hydrogens (tertiary/aromatic N) is 2. The van der Waals surface area contributed by atoms with Crippen LogP contribution in [0.1, 0.15) is 52.9 Å². The van der Waals surface area contributed by atoms with Gasteiger partial charge in [-0.2, -0.15) is 13.2 Å². The number of hydrogen-bond acceptors (Lipinski definition) is 5. The van der Waals surface area contributed by atoms with Crippen LogP contribution in [0, 0.1) is 5.92 Å². The van der Waals surface area contributed by atoms with Gasteiger partial charge in [0.05, 0.1) is 5.56 Å². The second-order valence-corrected chi connectivity index (χ2v) is 9.56. The van der Waals surface area contributed by atoms with Crippen molar-refractivity contribution in [3.8, 4) is 0 Å². The fourth-order valence-electron chi connectivity index (χ4n) is 4.83. The van der Waals surface area contributed by atoms with Crippen LogP contribution < -0.4 is 10.6 Å². The SMILES string of the molecule is O=C(N[C@@H](CCN1CC[C@@H](CCc2ccc3c(n2)NCCC3)C1)C(=O)O)c1ccc(C(F)(F)F)cc1. The molecule has 4 rings (SSSR count). The molecule has 10 heteroatoms. The highest BCUT2D eigenvalue weighted by atomic mass is 19.4. The molecule has 2 aliphatic heterocycles. The summed E-state index contributed by atoms with van der Waals surface area (Å²) in [6, 6.07) is 6.87. The van der Waals surface area contributed by atoms with Crippen molar-refractivity contribution in [1.82, 2.24) is 15.2 Å². The van der Waals surface area contributed by atoms with Crippen molar-refractivity contribution in [3.63, 3.8) is 0 Å². The molecule has 194 valence electrons. The van der Waals surface area contributed by atoms with Gasteiger partial charge in [-0.1, -0.05) is 6.07 Å². The van der Waals surface area contributed by atoms with Crippen LogP contribution in [0.25, 0.3) is 0 Å². The molecule has 36 heavy (non-hydrogen) atoms. The summed E-state index contributed by atoms with van der Waals surface area (Å²) in [6.07, 6.45) is 0.845. The van der Waals surface area contributed by atoms with Gasteiger partial charge in [-0.05, 0) is 86.9 Å². The van der Waals surface area contributed by atoms with Crippen LogP contribution in [0.4, 0.5) is 19.0 Å². The Hall–Kier alpha value is -3.14. The Balaban J connectivity index is 1.23. The highest BCUT2D eigenvalue weighted by Gasteiger charge is 2.31. The number of aliphatic carboxylic acids is 1. The molecule has 1 aromatic heterocycles. The molecule has 2 aromatic rings. The molecule has 0 radical (unpaired) electrons. The van der Waals surface area contributed by atoms with Crippen molar-refractivity contribution >= 4 is 17.7 Å². The number of anilines is 1. The zero-order valence-corrected chi connectivity index (χ0v) is 20.0. The van der Waals surface area contributed by atoms with Gasteiger partial charge in [-0.15, -0.1) is 0 Å². The molecule has 3 heterocycles. The Kier molecular flexibility index (Phi) is 8.13. The first-order chi connectivity index (χ1) is 17.2. The van der Waals surface area contributed by atoms with Gasteiger partial charge in [0.2, 0.25) is 0 Å². The lowest BCUT2D eigenvalue weighted by Gasteiger charge is -2.20. The first kappa shape index (κ1) is 25.9. The highest BCUT2D eigenvalue weighted by molar-refractivity contribution is 5.96. The van der Waals surface area contributed by atoms with E-state index in [2.05, 4.69) is 27.7 Å². The number of benzene rings is 1.